The highest BCUT2D eigenvalue weighted by atomic mass is 31.2. The summed E-state index contributed by atoms with van der Waals surface area (Å²) in [5, 5.41) is 8.77. The van der Waals surface area contributed by atoms with Crippen molar-refractivity contribution in [2.75, 3.05) is 6.66 Å². The van der Waals surface area contributed by atoms with Crippen molar-refractivity contribution in [3.8, 4) is 0 Å². The summed E-state index contributed by atoms with van der Waals surface area (Å²) in [6.45, 7) is 0.0418. The largest absolute Gasteiger partial charge is 0.373 e. The van der Waals surface area contributed by atoms with E-state index in [0.717, 1.165) is 17.4 Å². The van der Waals surface area contributed by atoms with Crippen molar-refractivity contribution < 1.29 is 33.5 Å². The first-order valence-electron chi connectivity index (χ1n) is 6.01. The van der Waals surface area contributed by atoms with Gasteiger partial charge in [-0.25, -0.2) is 4.57 Å². The van der Waals surface area contributed by atoms with Crippen LogP contribution in [0.4, 0.5) is 0 Å². The summed E-state index contributed by atoms with van der Waals surface area (Å²) in [5.41, 5.74) is 0. The zero-order chi connectivity index (χ0) is 15.9. The Morgan fingerprint density at radius 1 is 1.10 bits per heavy atom. The van der Waals surface area contributed by atoms with Gasteiger partial charge in [0, 0.05) is 18.1 Å². The Kier molecular flexibility index (Phi) is 4.10. The highest BCUT2D eigenvalue weighted by molar-refractivity contribution is 7.74. The van der Waals surface area contributed by atoms with Gasteiger partial charge >= 0.3 is 12.7 Å². The van der Waals surface area contributed by atoms with Gasteiger partial charge in [0.05, 0.1) is 0 Å². The van der Waals surface area contributed by atoms with Gasteiger partial charge in [-0.1, -0.05) is 18.2 Å². The third kappa shape index (κ3) is 3.09. The van der Waals surface area contributed by atoms with Gasteiger partial charge in [-0.2, -0.15) is 0 Å². The van der Waals surface area contributed by atoms with E-state index in [0.29, 0.717) is 0 Å². The first-order chi connectivity index (χ1) is 9.54. The SMILES string of the molecule is CP(=O)(O)C(O)(C[n+]1ccc2ccccc2c1)P(=O)(O)O. The molecule has 9 heteroatoms. The molecule has 21 heavy (non-hydrogen) atoms. The van der Waals surface area contributed by atoms with Crippen LogP contribution in [0.2, 0.25) is 0 Å². The second kappa shape index (κ2) is 5.29. The standard InChI is InChI=1S/C12H15NO6P2/c1-20(15,16)12(14,21(17,18)19)9-13-7-6-10-4-2-3-5-11(10)8-13/h2-8,14H,9H2,1H3,(H2-,15,16,17,18,19)/p+1. The molecule has 0 aliphatic carbocycles. The molecule has 7 nitrogen and oxygen atoms in total. The van der Waals surface area contributed by atoms with Crippen molar-refractivity contribution in [3.05, 3.63) is 42.7 Å². The fourth-order valence-corrected chi connectivity index (χ4v) is 4.69. The average Bonchev–Trinajstić information content (AvgIpc) is 2.36. The van der Waals surface area contributed by atoms with Crippen molar-refractivity contribution >= 4 is 25.7 Å². The quantitative estimate of drug-likeness (QED) is 0.487. The van der Waals surface area contributed by atoms with Crippen LogP contribution in [0.1, 0.15) is 0 Å². The monoisotopic (exact) mass is 332 g/mol. The number of hydrogen-bond acceptors (Lipinski definition) is 3. The smallest absolute Gasteiger partial charge is 0.365 e. The number of hydrogen-bond donors (Lipinski definition) is 4. The second-order valence-corrected chi connectivity index (χ2v) is 9.62. The number of nitrogens with zero attached hydrogens (tertiary/aromatic N) is 1. The Hall–Kier alpha value is -1.07. The molecule has 2 aromatic rings. The van der Waals surface area contributed by atoms with Crippen molar-refractivity contribution in [3.63, 3.8) is 0 Å². The maximum atomic E-state index is 11.8. The second-order valence-electron chi connectivity index (χ2n) is 4.94. The van der Waals surface area contributed by atoms with Crippen LogP contribution in [-0.2, 0) is 15.7 Å². The molecule has 2 rings (SSSR count). The van der Waals surface area contributed by atoms with E-state index in [-0.39, 0.29) is 0 Å². The van der Waals surface area contributed by atoms with Gasteiger partial charge < -0.3 is 19.8 Å². The lowest BCUT2D eigenvalue weighted by atomic mass is 10.2. The third-order valence-corrected chi connectivity index (χ3v) is 7.71. The van der Waals surface area contributed by atoms with E-state index in [1.165, 1.54) is 10.8 Å². The highest BCUT2D eigenvalue weighted by Gasteiger charge is 2.60. The first kappa shape index (κ1) is 16.3. The Balaban J connectivity index is 2.49. The molecule has 0 aliphatic rings. The molecule has 0 aliphatic heterocycles. The van der Waals surface area contributed by atoms with Crippen LogP contribution >= 0.6 is 15.0 Å². The van der Waals surface area contributed by atoms with E-state index in [1.54, 1.807) is 24.4 Å². The number of aliphatic hydroxyl groups is 1. The molecule has 1 heterocycles. The molecule has 0 fully saturated rings. The van der Waals surface area contributed by atoms with E-state index in [2.05, 4.69) is 0 Å². The van der Waals surface area contributed by atoms with Crippen LogP contribution in [0.15, 0.2) is 42.7 Å². The van der Waals surface area contributed by atoms with E-state index >= 15 is 0 Å². The van der Waals surface area contributed by atoms with Crippen LogP contribution in [0.5, 0.6) is 0 Å². The Bertz CT molecular complexity index is 743. The molecule has 1 aromatic carbocycles. The lowest BCUT2D eigenvalue weighted by Crippen LogP contribution is -2.47. The summed E-state index contributed by atoms with van der Waals surface area (Å²) in [7, 11) is -9.68. The zero-order valence-corrected chi connectivity index (χ0v) is 13.0. The van der Waals surface area contributed by atoms with Crippen LogP contribution in [0.25, 0.3) is 10.8 Å². The lowest BCUT2D eigenvalue weighted by Gasteiger charge is -2.27. The molecule has 114 valence electrons. The van der Waals surface area contributed by atoms with Gasteiger partial charge in [-0.3, -0.25) is 9.13 Å². The minimum Gasteiger partial charge on any atom is -0.365 e. The van der Waals surface area contributed by atoms with Gasteiger partial charge in [-0.05, 0) is 11.5 Å². The maximum absolute atomic E-state index is 11.8. The summed E-state index contributed by atoms with van der Waals surface area (Å²) in [6.07, 6.45) is 3.03. The van der Waals surface area contributed by atoms with Crippen LogP contribution in [0.3, 0.4) is 0 Å². The molecule has 2 unspecified atom stereocenters. The predicted molar refractivity (Wildman–Crippen MR) is 76.9 cm³/mol. The number of fused-ring (bicyclic) bond motifs is 1. The average molecular weight is 332 g/mol. The van der Waals surface area contributed by atoms with Crippen molar-refractivity contribution in [1.82, 2.24) is 0 Å². The molecular formula is C12H16NO6P2+. The summed E-state index contributed by atoms with van der Waals surface area (Å²) in [5.74, 6) is 0. The summed E-state index contributed by atoms with van der Waals surface area (Å²) >= 11 is 0. The minimum atomic E-state index is -5.21. The molecule has 0 spiro atoms. The number of aromatic nitrogens is 1. The van der Waals surface area contributed by atoms with Crippen molar-refractivity contribution in [2.45, 2.75) is 11.6 Å². The molecule has 0 amide bonds. The van der Waals surface area contributed by atoms with E-state index in [9.17, 15) is 28.9 Å². The number of pyridine rings is 1. The van der Waals surface area contributed by atoms with Gasteiger partial charge in [0.15, 0.2) is 18.9 Å². The molecule has 0 bridgehead atoms. The van der Waals surface area contributed by atoms with Crippen LogP contribution in [-0.4, -0.2) is 31.5 Å². The van der Waals surface area contributed by atoms with Gasteiger partial charge in [0.25, 0.3) is 0 Å². The molecule has 2 atom stereocenters. The van der Waals surface area contributed by atoms with Crippen molar-refractivity contribution in [2.24, 2.45) is 0 Å². The third-order valence-electron chi connectivity index (χ3n) is 3.27. The molecule has 0 saturated carbocycles. The maximum Gasteiger partial charge on any atom is 0.373 e. The topological polar surface area (TPSA) is 119 Å². The Morgan fingerprint density at radius 2 is 1.67 bits per heavy atom. The van der Waals surface area contributed by atoms with Crippen LogP contribution in [0, 0.1) is 0 Å². The lowest BCUT2D eigenvalue weighted by molar-refractivity contribution is -0.702. The van der Waals surface area contributed by atoms with Gasteiger partial charge in [0.2, 0.25) is 7.37 Å². The van der Waals surface area contributed by atoms with E-state index in [4.69, 9.17) is 0 Å². The van der Waals surface area contributed by atoms with E-state index < -0.39 is 26.6 Å². The Morgan fingerprint density at radius 3 is 2.19 bits per heavy atom. The van der Waals surface area contributed by atoms with Gasteiger partial charge in [-0.15, -0.1) is 0 Å². The Labute approximate surface area is 121 Å². The van der Waals surface area contributed by atoms with Crippen LogP contribution < -0.4 is 4.57 Å². The first-order valence-corrected chi connectivity index (χ1v) is 9.73. The predicted octanol–water partition coefficient (Wildman–Crippen LogP) is 0.851. The van der Waals surface area contributed by atoms with E-state index in [1.807, 2.05) is 12.1 Å². The fourth-order valence-electron chi connectivity index (χ4n) is 1.99. The molecule has 0 saturated heterocycles. The minimum absolute atomic E-state index is 0.688. The van der Waals surface area contributed by atoms with Crippen molar-refractivity contribution in [1.29, 1.82) is 0 Å². The summed E-state index contributed by atoms with van der Waals surface area (Å²) in [4.78, 5) is 28.1. The van der Waals surface area contributed by atoms with Gasteiger partial charge in [0.1, 0.15) is 0 Å². The highest BCUT2D eigenvalue weighted by Crippen LogP contribution is 2.67. The molecular weight excluding hydrogens is 316 g/mol. The molecule has 0 radical (unpaired) electrons. The molecule has 1 aromatic heterocycles. The number of benzene rings is 1. The normalized spacial score (nSPS) is 18.1. The number of rotatable bonds is 4. The summed E-state index contributed by atoms with van der Waals surface area (Å²) < 4.78 is 24.5. The zero-order valence-electron chi connectivity index (χ0n) is 11.2. The fraction of sp³-hybridized carbons (Fsp3) is 0.250. The summed E-state index contributed by atoms with van der Waals surface area (Å²) in [6, 6.07) is 8.96. The molecule has 4 N–H and O–H groups in total.